The number of halogens is 1. The molecule has 1 heterocycles. The molecule has 0 radical (unpaired) electrons. The normalized spacial score (nSPS) is 15.8. The Morgan fingerprint density at radius 1 is 1.08 bits per heavy atom. The summed E-state index contributed by atoms with van der Waals surface area (Å²) in [5.41, 5.74) is 2.16. The van der Waals surface area contributed by atoms with Crippen LogP contribution in [0.25, 0.3) is 0 Å². The van der Waals surface area contributed by atoms with Crippen molar-refractivity contribution in [1.29, 1.82) is 0 Å². The van der Waals surface area contributed by atoms with E-state index in [1.165, 1.54) is 0 Å². The number of rotatable bonds is 7. The van der Waals surface area contributed by atoms with Crippen LogP contribution in [0.2, 0.25) is 0 Å². The molecule has 5 nitrogen and oxygen atoms in total. The third kappa shape index (κ3) is 5.11. The maximum absolute atomic E-state index is 9.88. The number of hydrogen-bond acceptors (Lipinski definition) is 5. The van der Waals surface area contributed by atoms with Gasteiger partial charge in [-0.2, -0.15) is 0 Å². The molecule has 6 heteroatoms. The van der Waals surface area contributed by atoms with E-state index < -0.39 is 0 Å². The van der Waals surface area contributed by atoms with Crippen LogP contribution in [0.3, 0.4) is 0 Å². The van der Waals surface area contributed by atoms with Gasteiger partial charge in [-0.15, -0.1) is 12.4 Å². The minimum absolute atomic E-state index is 0. The van der Waals surface area contributed by atoms with E-state index in [2.05, 4.69) is 10.2 Å². The molecule has 1 saturated heterocycles. The van der Waals surface area contributed by atoms with Crippen molar-refractivity contribution in [2.24, 2.45) is 0 Å². The highest BCUT2D eigenvalue weighted by molar-refractivity contribution is 5.85. The summed E-state index contributed by atoms with van der Waals surface area (Å²) in [6, 6.07) is 16.0. The lowest BCUT2D eigenvalue weighted by atomic mass is 10.0. The molecule has 1 atom stereocenters. The number of methoxy groups -OCH3 is 1. The smallest absolute Gasteiger partial charge is 0.161 e. The molecule has 2 aromatic carbocycles. The SMILES string of the molecule is COc1cc([C@@H](CO)N2CCNCC2)ccc1OCc1ccccc1.Cl. The Morgan fingerprint density at radius 2 is 1.81 bits per heavy atom. The van der Waals surface area contributed by atoms with Crippen molar-refractivity contribution >= 4 is 12.4 Å². The van der Waals surface area contributed by atoms with Gasteiger partial charge >= 0.3 is 0 Å². The largest absolute Gasteiger partial charge is 0.493 e. The lowest BCUT2D eigenvalue weighted by molar-refractivity contribution is 0.110. The van der Waals surface area contributed by atoms with Crippen LogP contribution in [0.5, 0.6) is 11.5 Å². The van der Waals surface area contributed by atoms with Crippen molar-refractivity contribution in [3.63, 3.8) is 0 Å². The quantitative estimate of drug-likeness (QED) is 0.775. The molecule has 0 unspecified atom stereocenters. The van der Waals surface area contributed by atoms with Crippen LogP contribution in [-0.4, -0.2) is 49.9 Å². The van der Waals surface area contributed by atoms with Crippen molar-refractivity contribution in [1.82, 2.24) is 10.2 Å². The van der Waals surface area contributed by atoms with Crippen LogP contribution >= 0.6 is 12.4 Å². The first-order valence-electron chi connectivity index (χ1n) is 8.72. The lowest BCUT2D eigenvalue weighted by Gasteiger charge is -2.34. The van der Waals surface area contributed by atoms with Crippen LogP contribution in [0.4, 0.5) is 0 Å². The Morgan fingerprint density at radius 3 is 2.46 bits per heavy atom. The third-order valence-corrected chi connectivity index (χ3v) is 4.57. The van der Waals surface area contributed by atoms with Gasteiger partial charge < -0.3 is 19.9 Å². The topological polar surface area (TPSA) is 54.0 Å². The van der Waals surface area contributed by atoms with Crippen LogP contribution in [0.15, 0.2) is 48.5 Å². The predicted molar refractivity (Wildman–Crippen MR) is 105 cm³/mol. The van der Waals surface area contributed by atoms with Gasteiger partial charge in [-0.25, -0.2) is 0 Å². The highest BCUT2D eigenvalue weighted by atomic mass is 35.5. The number of ether oxygens (including phenoxy) is 2. The lowest BCUT2D eigenvalue weighted by Crippen LogP contribution is -2.46. The van der Waals surface area contributed by atoms with Crippen LogP contribution < -0.4 is 14.8 Å². The number of nitrogens with zero attached hydrogens (tertiary/aromatic N) is 1. The number of piperazine rings is 1. The van der Waals surface area contributed by atoms with Crippen LogP contribution in [0.1, 0.15) is 17.2 Å². The molecule has 0 aliphatic carbocycles. The Balaban J connectivity index is 0.00000243. The summed E-state index contributed by atoms with van der Waals surface area (Å²) in [5, 5.41) is 13.2. The molecular weight excluding hydrogens is 352 g/mol. The van der Waals surface area contributed by atoms with E-state index in [-0.39, 0.29) is 25.1 Å². The van der Waals surface area contributed by atoms with Crippen molar-refractivity contribution in [2.75, 3.05) is 39.9 Å². The average Bonchev–Trinajstić information content (AvgIpc) is 2.69. The zero-order chi connectivity index (χ0) is 17.5. The summed E-state index contributed by atoms with van der Waals surface area (Å²) >= 11 is 0. The molecule has 1 fully saturated rings. The second-order valence-electron chi connectivity index (χ2n) is 6.17. The van der Waals surface area contributed by atoms with E-state index in [0.29, 0.717) is 18.1 Å². The fourth-order valence-corrected chi connectivity index (χ4v) is 3.17. The van der Waals surface area contributed by atoms with Gasteiger partial charge in [0.25, 0.3) is 0 Å². The molecule has 0 bridgehead atoms. The van der Waals surface area contributed by atoms with E-state index in [1.807, 2.05) is 48.5 Å². The molecule has 142 valence electrons. The average molecular weight is 379 g/mol. The summed E-state index contributed by atoms with van der Waals surface area (Å²) in [6.45, 7) is 4.35. The molecule has 3 rings (SSSR count). The Hall–Kier alpha value is -1.79. The van der Waals surface area contributed by atoms with Crippen molar-refractivity contribution < 1.29 is 14.6 Å². The first-order chi connectivity index (χ1) is 12.3. The van der Waals surface area contributed by atoms with Gasteiger partial charge in [0.15, 0.2) is 11.5 Å². The van der Waals surface area contributed by atoms with E-state index in [0.717, 1.165) is 37.3 Å². The fourth-order valence-electron chi connectivity index (χ4n) is 3.17. The van der Waals surface area contributed by atoms with E-state index in [1.54, 1.807) is 7.11 Å². The third-order valence-electron chi connectivity index (χ3n) is 4.57. The van der Waals surface area contributed by atoms with Gasteiger partial charge in [0.2, 0.25) is 0 Å². The molecule has 0 saturated carbocycles. The Bertz CT molecular complexity index is 663. The van der Waals surface area contributed by atoms with E-state index in [4.69, 9.17) is 9.47 Å². The first kappa shape index (κ1) is 20.5. The predicted octanol–water partition coefficient (Wildman–Crippen LogP) is 2.63. The van der Waals surface area contributed by atoms with Crippen molar-refractivity contribution in [3.05, 3.63) is 59.7 Å². The number of aliphatic hydroxyl groups is 1. The van der Waals surface area contributed by atoms with E-state index in [9.17, 15) is 5.11 Å². The van der Waals surface area contributed by atoms with Crippen LogP contribution in [0, 0.1) is 0 Å². The molecule has 0 spiro atoms. The minimum Gasteiger partial charge on any atom is -0.493 e. The number of nitrogens with one attached hydrogen (secondary N) is 1. The monoisotopic (exact) mass is 378 g/mol. The Kier molecular flexibility index (Phi) is 8.19. The maximum atomic E-state index is 9.88. The first-order valence-corrected chi connectivity index (χ1v) is 8.72. The Labute approximate surface area is 161 Å². The molecule has 2 N–H and O–H groups in total. The summed E-state index contributed by atoms with van der Waals surface area (Å²) < 4.78 is 11.4. The van der Waals surface area contributed by atoms with Gasteiger partial charge in [0, 0.05) is 26.2 Å². The molecule has 0 aromatic heterocycles. The van der Waals surface area contributed by atoms with Gasteiger partial charge in [-0.05, 0) is 23.3 Å². The second-order valence-corrected chi connectivity index (χ2v) is 6.17. The molecule has 1 aliphatic rings. The van der Waals surface area contributed by atoms with Gasteiger partial charge in [-0.1, -0.05) is 36.4 Å². The summed E-state index contributed by atoms with van der Waals surface area (Å²) in [6.07, 6.45) is 0. The maximum Gasteiger partial charge on any atom is 0.161 e. The summed E-state index contributed by atoms with van der Waals surface area (Å²) in [5.74, 6) is 1.41. The molecular formula is C20H27ClN2O3. The van der Waals surface area contributed by atoms with Crippen LogP contribution in [-0.2, 0) is 6.61 Å². The van der Waals surface area contributed by atoms with Gasteiger partial charge in [0.1, 0.15) is 6.61 Å². The van der Waals surface area contributed by atoms with E-state index >= 15 is 0 Å². The van der Waals surface area contributed by atoms with Crippen molar-refractivity contribution in [2.45, 2.75) is 12.6 Å². The molecule has 2 aromatic rings. The summed E-state index contributed by atoms with van der Waals surface area (Å²) in [7, 11) is 1.65. The number of aliphatic hydroxyl groups excluding tert-OH is 1. The molecule has 0 amide bonds. The van der Waals surface area contributed by atoms with Gasteiger partial charge in [0.05, 0.1) is 19.8 Å². The fraction of sp³-hybridized carbons (Fsp3) is 0.400. The highest BCUT2D eigenvalue weighted by Crippen LogP contribution is 2.32. The zero-order valence-electron chi connectivity index (χ0n) is 15.1. The zero-order valence-corrected chi connectivity index (χ0v) is 15.9. The number of benzene rings is 2. The highest BCUT2D eigenvalue weighted by Gasteiger charge is 2.22. The summed E-state index contributed by atoms with van der Waals surface area (Å²) in [4.78, 5) is 2.30. The van der Waals surface area contributed by atoms with Gasteiger partial charge in [-0.3, -0.25) is 4.90 Å². The molecule has 26 heavy (non-hydrogen) atoms. The number of hydrogen-bond donors (Lipinski definition) is 2. The molecule has 1 aliphatic heterocycles. The standard InChI is InChI=1S/C20H26N2O3.ClH/c1-24-20-13-17(18(14-23)22-11-9-21-10-12-22)7-8-19(20)25-15-16-5-3-2-4-6-16;/h2-8,13,18,21,23H,9-12,14-15H2,1H3;1H/t18-;/m1./s1. The minimum atomic E-state index is -0.0147. The second kappa shape index (κ2) is 10.4. The van der Waals surface area contributed by atoms with Crippen molar-refractivity contribution in [3.8, 4) is 11.5 Å².